The minimum Gasteiger partial charge on any atom is -0.478 e. The van der Waals surface area contributed by atoms with Crippen molar-refractivity contribution >= 4 is 17.7 Å². The molecule has 4 nitrogen and oxygen atoms in total. The SMILES string of the molecule is O=C(O)c1cncnc1CSCc1ccccc1. The van der Waals surface area contributed by atoms with E-state index >= 15 is 0 Å². The normalized spacial score (nSPS) is 10.2. The first kappa shape index (κ1) is 12.6. The smallest absolute Gasteiger partial charge is 0.339 e. The van der Waals surface area contributed by atoms with Crippen molar-refractivity contribution in [3.63, 3.8) is 0 Å². The Bertz CT molecular complexity index is 532. The van der Waals surface area contributed by atoms with Crippen molar-refractivity contribution < 1.29 is 9.90 Å². The quantitative estimate of drug-likeness (QED) is 0.895. The molecule has 2 aromatic rings. The number of carboxylic acids is 1. The molecule has 0 radical (unpaired) electrons. The van der Waals surface area contributed by atoms with Crippen LogP contribution in [-0.2, 0) is 11.5 Å². The van der Waals surface area contributed by atoms with Crippen LogP contribution in [0, 0.1) is 0 Å². The number of rotatable bonds is 5. The molecule has 0 spiro atoms. The van der Waals surface area contributed by atoms with Gasteiger partial charge in [-0.1, -0.05) is 30.3 Å². The third kappa shape index (κ3) is 3.30. The number of carbonyl (C=O) groups is 1. The van der Waals surface area contributed by atoms with Gasteiger partial charge in [-0.15, -0.1) is 0 Å². The van der Waals surface area contributed by atoms with Crippen molar-refractivity contribution in [1.82, 2.24) is 9.97 Å². The minimum atomic E-state index is -0.981. The molecule has 0 aliphatic carbocycles. The summed E-state index contributed by atoms with van der Waals surface area (Å²) in [5, 5.41) is 8.99. The summed E-state index contributed by atoms with van der Waals surface area (Å²) in [7, 11) is 0. The van der Waals surface area contributed by atoms with Gasteiger partial charge in [-0.3, -0.25) is 0 Å². The number of hydrogen-bond acceptors (Lipinski definition) is 4. The Hall–Kier alpha value is -1.88. The van der Waals surface area contributed by atoms with E-state index < -0.39 is 5.97 Å². The van der Waals surface area contributed by atoms with E-state index in [1.165, 1.54) is 18.1 Å². The molecule has 0 amide bonds. The average Bonchev–Trinajstić information content (AvgIpc) is 2.40. The van der Waals surface area contributed by atoms with Crippen molar-refractivity contribution in [3.8, 4) is 0 Å². The maximum Gasteiger partial charge on any atom is 0.339 e. The van der Waals surface area contributed by atoms with Gasteiger partial charge in [0.15, 0.2) is 0 Å². The van der Waals surface area contributed by atoms with Crippen LogP contribution in [0.3, 0.4) is 0 Å². The highest BCUT2D eigenvalue weighted by Gasteiger charge is 2.10. The molecule has 0 aliphatic heterocycles. The number of carboxylic acid groups (broad SMARTS) is 1. The Morgan fingerprint density at radius 1 is 1.22 bits per heavy atom. The first-order chi connectivity index (χ1) is 8.77. The topological polar surface area (TPSA) is 63.1 Å². The van der Waals surface area contributed by atoms with Crippen molar-refractivity contribution in [1.29, 1.82) is 0 Å². The molecule has 1 N–H and O–H groups in total. The van der Waals surface area contributed by atoms with Crippen LogP contribution in [0.1, 0.15) is 21.6 Å². The number of hydrogen-bond donors (Lipinski definition) is 1. The number of thioether (sulfide) groups is 1. The molecule has 0 unspecified atom stereocenters. The number of aromatic carboxylic acids is 1. The Morgan fingerprint density at radius 2 is 2.00 bits per heavy atom. The lowest BCUT2D eigenvalue weighted by atomic mass is 10.2. The summed E-state index contributed by atoms with van der Waals surface area (Å²) in [5.41, 5.74) is 1.96. The molecule has 1 aromatic carbocycles. The zero-order chi connectivity index (χ0) is 12.8. The highest BCUT2D eigenvalue weighted by molar-refractivity contribution is 7.97. The molecule has 1 heterocycles. The number of benzene rings is 1. The molecule has 0 aliphatic rings. The van der Waals surface area contributed by atoms with Crippen LogP contribution in [-0.4, -0.2) is 21.0 Å². The van der Waals surface area contributed by atoms with E-state index in [1.54, 1.807) is 11.8 Å². The predicted octanol–water partition coefficient (Wildman–Crippen LogP) is 2.61. The predicted molar refractivity (Wildman–Crippen MR) is 70.4 cm³/mol. The fraction of sp³-hybridized carbons (Fsp3) is 0.154. The van der Waals surface area contributed by atoms with Crippen LogP contribution in [0.5, 0.6) is 0 Å². The van der Waals surface area contributed by atoms with Gasteiger partial charge < -0.3 is 5.11 Å². The van der Waals surface area contributed by atoms with Crippen LogP contribution in [0.25, 0.3) is 0 Å². The summed E-state index contributed by atoms with van der Waals surface area (Å²) in [6.45, 7) is 0. The minimum absolute atomic E-state index is 0.179. The van der Waals surface area contributed by atoms with Crippen molar-refractivity contribution in [2.75, 3.05) is 0 Å². The zero-order valence-corrected chi connectivity index (χ0v) is 10.4. The van der Waals surface area contributed by atoms with E-state index in [1.807, 2.05) is 30.3 Å². The second kappa shape index (κ2) is 6.16. The van der Waals surface area contributed by atoms with Gasteiger partial charge in [-0.05, 0) is 5.56 Å². The summed E-state index contributed by atoms with van der Waals surface area (Å²) < 4.78 is 0. The Balaban J connectivity index is 1.97. The number of nitrogens with zero attached hydrogens (tertiary/aromatic N) is 2. The van der Waals surface area contributed by atoms with E-state index in [2.05, 4.69) is 9.97 Å². The molecular formula is C13H12N2O2S. The lowest BCUT2D eigenvalue weighted by Gasteiger charge is -2.04. The number of aromatic nitrogens is 2. The second-order valence-electron chi connectivity index (χ2n) is 3.67. The lowest BCUT2D eigenvalue weighted by molar-refractivity contribution is 0.0695. The van der Waals surface area contributed by atoms with E-state index in [0.29, 0.717) is 11.4 Å². The molecule has 5 heteroatoms. The van der Waals surface area contributed by atoms with E-state index in [4.69, 9.17) is 5.11 Å². The van der Waals surface area contributed by atoms with Gasteiger partial charge in [-0.2, -0.15) is 11.8 Å². The summed E-state index contributed by atoms with van der Waals surface area (Å²) >= 11 is 1.64. The lowest BCUT2D eigenvalue weighted by Crippen LogP contribution is -2.04. The molecule has 92 valence electrons. The van der Waals surface area contributed by atoms with Crippen LogP contribution < -0.4 is 0 Å². The third-order valence-electron chi connectivity index (χ3n) is 2.38. The van der Waals surface area contributed by atoms with E-state index in [9.17, 15) is 4.79 Å². The van der Waals surface area contributed by atoms with Gasteiger partial charge in [0.25, 0.3) is 0 Å². The molecule has 18 heavy (non-hydrogen) atoms. The second-order valence-corrected chi connectivity index (χ2v) is 4.65. The fourth-order valence-electron chi connectivity index (χ4n) is 1.49. The molecule has 0 bridgehead atoms. The highest BCUT2D eigenvalue weighted by atomic mass is 32.2. The summed E-state index contributed by atoms with van der Waals surface area (Å²) in [6.07, 6.45) is 2.72. The van der Waals surface area contributed by atoms with Crippen molar-refractivity contribution in [2.45, 2.75) is 11.5 Å². The summed E-state index contributed by atoms with van der Waals surface area (Å²) in [4.78, 5) is 18.7. The Morgan fingerprint density at radius 3 is 2.72 bits per heavy atom. The molecular weight excluding hydrogens is 248 g/mol. The molecule has 0 fully saturated rings. The Kier molecular flexibility index (Phi) is 4.30. The van der Waals surface area contributed by atoms with Crippen molar-refractivity contribution in [2.24, 2.45) is 0 Å². The standard InChI is InChI=1S/C13H12N2O2S/c16-13(17)11-6-14-9-15-12(11)8-18-7-10-4-2-1-3-5-10/h1-6,9H,7-8H2,(H,16,17). The maximum absolute atomic E-state index is 11.0. The van der Waals surface area contributed by atoms with Gasteiger partial charge in [0.1, 0.15) is 11.9 Å². The van der Waals surface area contributed by atoms with Gasteiger partial charge in [0, 0.05) is 17.7 Å². The highest BCUT2D eigenvalue weighted by Crippen LogP contribution is 2.18. The van der Waals surface area contributed by atoms with Crippen LogP contribution in [0.4, 0.5) is 0 Å². The van der Waals surface area contributed by atoms with Gasteiger partial charge in [-0.25, -0.2) is 14.8 Å². The summed E-state index contributed by atoms with van der Waals surface area (Å²) in [5.74, 6) is 0.425. The van der Waals surface area contributed by atoms with E-state index in [0.717, 1.165) is 5.75 Å². The van der Waals surface area contributed by atoms with Gasteiger partial charge >= 0.3 is 5.97 Å². The summed E-state index contributed by atoms with van der Waals surface area (Å²) in [6, 6.07) is 10.0. The van der Waals surface area contributed by atoms with Crippen LogP contribution >= 0.6 is 11.8 Å². The molecule has 0 saturated carbocycles. The fourth-order valence-corrected chi connectivity index (χ4v) is 2.44. The van der Waals surface area contributed by atoms with Crippen LogP contribution in [0.2, 0.25) is 0 Å². The Labute approximate surface area is 109 Å². The van der Waals surface area contributed by atoms with E-state index in [-0.39, 0.29) is 5.56 Å². The largest absolute Gasteiger partial charge is 0.478 e. The molecule has 1 aromatic heterocycles. The van der Waals surface area contributed by atoms with Crippen molar-refractivity contribution in [3.05, 3.63) is 59.7 Å². The van der Waals surface area contributed by atoms with Gasteiger partial charge in [0.2, 0.25) is 0 Å². The van der Waals surface area contributed by atoms with Crippen LogP contribution in [0.15, 0.2) is 42.9 Å². The third-order valence-corrected chi connectivity index (χ3v) is 3.39. The zero-order valence-electron chi connectivity index (χ0n) is 9.61. The van der Waals surface area contributed by atoms with Gasteiger partial charge in [0.05, 0.1) is 5.69 Å². The molecule has 0 atom stereocenters. The maximum atomic E-state index is 11.0. The first-order valence-electron chi connectivity index (χ1n) is 5.41. The molecule has 0 saturated heterocycles. The molecule has 2 rings (SSSR count). The monoisotopic (exact) mass is 260 g/mol. The average molecular weight is 260 g/mol. The first-order valence-corrected chi connectivity index (χ1v) is 6.56.